The van der Waals surface area contributed by atoms with Gasteiger partial charge in [-0.05, 0) is 79.0 Å². The van der Waals surface area contributed by atoms with Gasteiger partial charge in [-0.2, -0.15) is 0 Å². The Morgan fingerprint density at radius 3 is 1.54 bits per heavy atom. The van der Waals surface area contributed by atoms with E-state index in [9.17, 15) is 19.2 Å². The molecule has 3 aliphatic rings. The van der Waals surface area contributed by atoms with Crippen molar-refractivity contribution in [2.75, 3.05) is 14.2 Å². The number of alkyl carbamates (subject to hydrolysis) is 2. The Morgan fingerprint density at radius 1 is 0.649 bits per heavy atom. The molecule has 4 heterocycles. The number of amides is 4. The van der Waals surface area contributed by atoms with E-state index in [0.717, 1.165) is 77.4 Å². The largest absolute Gasteiger partial charge is 0.453 e. The van der Waals surface area contributed by atoms with Crippen LogP contribution < -0.4 is 10.6 Å². The van der Waals surface area contributed by atoms with Crippen molar-refractivity contribution in [2.24, 2.45) is 17.8 Å². The maximum atomic E-state index is 13.9. The van der Waals surface area contributed by atoms with Crippen molar-refractivity contribution in [2.45, 2.75) is 103 Å². The van der Waals surface area contributed by atoms with E-state index in [1.165, 1.54) is 14.2 Å². The van der Waals surface area contributed by atoms with Crippen LogP contribution in [0.25, 0.3) is 33.6 Å². The second kappa shape index (κ2) is 16.4. The molecule has 3 fully saturated rings. The third kappa shape index (κ3) is 7.86. The third-order valence-corrected chi connectivity index (χ3v) is 12.1. The maximum absolute atomic E-state index is 13.9. The van der Waals surface area contributed by atoms with Crippen molar-refractivity contribution in [3.63, 3.8) is 0 Å². The average molecular weight is 779 g/mol. The summed E-state index contributed by atoms with van der Waals surface area (Å²) in [6.45, 7) is 9.69. The van der Waals surface area contributed by atoms with Gasteiger partial charge in [0.25, 0.3) is 0 Å². The first kappa shape index (κ1) is 39.6. The van der Waals surface area contributed by atoms with Crippen LogP contribution in [0.4, 0.5) is 9.59 Å². The van der Waals surface area contributed by atoms with Gasteiger partial charge in [-0.3, -0.25) is 9.59 Å². The summed E-state index contributed by atoms with van der Waals surface area (Å²) in [5, 5.41) is 5.47. The monoisotopic (exact) mass is 778 g/mol. The Bertz CT molecular complexity index is 2070. The number of aromatic nitrogens is 4. The number of benzene rings is 2. The number of carbonyl (C=O) groups is 4. The molecule has 14 nitrogen and oxygen atoms in total. The fourth-order valence-corrected chi connectivity index (χ4v) is 8.72. The van der Waals surface area contributed by atoms with Crippen LogP contribution in [0.5, 0.6) is 0 Å². The van der Waals surface area contributed by atoms with Gasteiger partial charge < -0.3 is 39.9 Å². The summed E-state index contributed by atoms with van der Waals surface area (Å²) in [4.78, 5) is 72.1. The fourth-order valence-electron chi connectivity index (χ4n) is 8.72. The van der Waals surface area contributed by atoms with E-state index >= 15 is 0 Å². The highest BCUT2D eigenvalue weighted by Gasteiger charge is 2.51. The zero-order valence-electron chi connectivity index (χ0n) is 33.7. The van der Waals surface area contributed by atoms with Gasteiger partial charge in [0.05, 0.1) is 50.1 Å². The van der Waals surface area contributed by atoms with Gasteiger partial charge >= 0.3 is 12.2 Å². The summed E-state index contributed by atoms with van der Waals surface area (Å²) in [6.07, 6.45) is 6.88. The van der Waals surface area contributed by atoms with Crippen molar-refractivity contribution in [3.8, 4) is 33.6 Å². The van der Waals surface area contributed by atoms with Gasteiger partial charge in [-0.1, -0.05) is 76.2 Å². The van der Waals surface area contributed by atoms with E-state index in [4.69, 9.17) is 19.4 Å². The summed E-state index contributed by atoms with van der Waals surface area (Å²) in [7, 11) is 2.60. The molecule has 7 atom stereocenters. The molecule has 1 saturated carbocycles. The number of rotatable bonds is 11. The number of methoxy groups -OCH3 is 2. The highest BCUT2D eigenvalue weighted by Crippen LogP contribution is 2.49. The predicted octanol–water partition coefficient (Wildman–Crippen LogP) is 7.00. The SMILES string of the molecule is COC(=O)N[C@H](C(=O)N1C(c2ncc(-c3ccc(-c4ccc(-c5cnc(C6C[C@H]7CC[C@H]7N6C(=O)[C@@H](NC(=O)OC)C(C)C)[nH]5)cc4)cc3)[nH]2)CC[C@H]1C)C(C)C. The zero-order valence-corrected chi connectivity index (χ0v) is 33.7. The molecule has 2 saturated heterocycles. The lowest BCUT2D eigenvalue weighted by molar-refractivity contribution is -0.139. The number of hydrogen-bond donors (Lipinski definition) is 4. The quantitative estimate of drug-likeness (QED) is 0.126. The number of fused-ring (bicyclic) bond motifs is 1. The number of imidazole rings is 2. The number of carbonyl (C=O) groups excluding carboxylic acids is 4. The number of likely N-dealkylation sites (tertiary alicyclic amines) is 2. The maximum Gasteiger partial charge on any atom is 0.407 e. The molecular formula is C43H54N8O6. The van der Waals surface area contributed by atoms with E-state index < -0.39 is 24.3 Å². The Balaban J connectivity index is 1.03. The van der Waals surface area contributed by atoms with Gasteiger partial charge in [0, 0.05) is 12.1 Å². The molecular weight excluding hydrogens is 725 g/mol. The molecule has 14 heteroatoms. The highest BCUT2D eigenvalue weighted by molar-refractivity contribution is 5.87. The van der Waals surface area contributed by atoms with Crippen molar-refractivity contribution >= 4 is 24.0 Å². The molecule has 2 aliphatic heterocycles. The third-order valence-electron chi connectivity index (χ3n) is 12.1. The number of H-pyrrole nitrogens is 2. The second-order valence-corrected chi connectivity index (χ2v) is 16.3. The van der Waals surface area contributed by atoms with Crippen LogP contribution in [0, 0.1) is 17.8 Å². The minimum Gasteiger partial charge on any atom is -0.453 e. The molecule has 0 spiro atoms. The molecule has 0 bridgehead atoms. The Kier molecular flexibility index (Phi) is 11.4. The van der Waals surface area contributed by atoms with Crippen LogP contribution in [0.1, 0.15) is 90.5 Å². The first-order valence-corrected chi connectivity index (χ1v) is 20.0. The molecule has 2 aromatic heterocycles. The number of hydrogen-bond acceptors (Lipinski definition) is 8. The van der Waals surface area contributed by atoms with Crippen molar-refractivity contribution in [1.29, 1.82) is 0 Å². The molecule has 302 valence electrons. The molecule has 57 heavy (non-hydrogen) atoms. The van der Waals surface area contributed by atoms with Crippen LogP contribution in [-0.2, 0) is 19.1 Å². The minimum atomic E-state index is -0.703. The van der Waals surface area contributed by atoms with E-state index in [-0.39, 0.29) is 47.8 Å². The first-order chi connectivity index (χ1) is 27.4. The zero-order chi connectivity index (χ0) is 40.5. The lowest BCUT2D eigenvalue weighted by Crippen LogP contribution is -2.54. The number of aromatic amines is 2. The Morgan fingerprint density at radius 2 is 1.11 bits per heavy atom. The Hall–Kier alpha value is -5.66. The van der Waals surface area contributed by atoms with Crippen molar-refractivity contribution < 1.29 is 28.7 Å². The molecule has 4 amide bonds. The lowest BCUT2D eigenvalue weighted by atomic mass is 9.80. The molecule has 0 radical (unpaired) electrons. The summed E-state index contributed by atoms with van der Waals surface area (Å²) in [5.74, 6) is 1.45. The number of nitrogens with one attached hydrogen (secondary N) is 4. The van der Waals surface area contributed by atoms with Gasteiger partial charge in [-0.15, -0.1) is 0 Å². The van der Waals surface area contributed by atoms with Crippen LogP contribution in [0.2, 0.25) is 0 Å². The van der Waals surface area contributed by atoms with Gasteiger partial charge in [0.15, 0.2) is 0 Å². The van der Waals surface area contributed by atoms with Gasteiger partial charge in [0.1, 0.15) is 23.7 Å². The normalized spacial score (nSPS) is 22.5. The van der Waals surface area contributed by atoms with Crippen LogP contribution in [-0.4, -0.2) is 92.1 Å². The predicted molar refractivity (Wildman–Crippen MR) is 214 cm³/mol. The fraction of sp³-hybridized carbons (Fsp3) is 0.488. The molecule has 7 rings (SSSR count). The molecule has 4 aromatic rings. The average Bonchev–Trinajstić information content (AvgIpc) is 4.01. The number of nitrogens with zero attached hydrogens (tertiary/aromatic N) is 4. The molecule has 2 aromatic carbocycles. The van der Waals surface area contributed by atoms with Crippen molar-refractivity contribution in [1.82, 2.24) is 40.4 Å². The van der Waals surface area contributed by atoms with E-state index in [1.807, 2.05) is 56.8 Å². The first-order valence-electron chi connectivity index (χ1n) is 20.0. The summed E-state index contributed by atoms with van der Waals surface area (Å²) >= 11 is 0. The van der Waals surface area contributed by atoms with Crippen molar-refractivity contribution in [3.05, 3.63) is 72.6 Å². The van der Waals surface area contributed by atoms with Crippen LogP contribution >= 0.6 is 0 Å². The second-order valence-electron chi connectivity index (χ2n) is 16.3. The lowest BCUT2D eigenvalue weighted by Gasteiger charge is -2.39. The summed E-state index contributed by atoms with van der Waals surface area (Å²) in [5.41, 5.74) is 5.82. The van der Waals surface area contributed by atoms with E-state index in [0.29, 0.717) is 5.92 Å². The smallest absolute Gasteiger partial charge is 0.407 e. The summed E-state index contributed by atoms with van der Waals surface area (Å²) in [6, 6.07) is 14.9. The minimum absolute atomic E-state index is 0.00185. The number of ether oxygens (including phenoxy) is 2. The summed E-state index contributed by atoms with van der Waals surface area (Å²) < 4.78 is 9.60. The van der Waals surface area contributed by atoms with Gasteiger partial charge in [0.2, 0.25) is 11.8 Å². The van der Waals surface area contributed by atoms with Gasteiger partial charge in [-0.25, -0.2) is 19.6 Å². The molecule has 4 N–H and O–H groups in total. The molecule has 2 unspecified atom stereocenters. The van der Waals surface area contributed by atoms with E-state index in [2.05, 4.69) is 69.1 Å². The van der Waals surface area contributed by atoms with Crippen LogP contribution in [0.15, 0.2) is 60.9 Å². The van der Waals surface area contributed by atoms with E-state index in [1.54, 1.807) is 0 Å². The van der Waals surface area contributed by atoms with Crippen LogP contribution in [0.3, 0.4) is 0 Å². The molecule has 1 aliphatic carbocycles. The topological polar surface area (TPSA) is 175 Å². The Labute approximate surface area is 333 Å². The standard InChI is InChI=1S/C43H54N8O6/c1-23(2)36(48-42(54)56-6)40(52)50-25(5)8-18-34(50)38-44-21-31(46-38)28-13-9-26(10-14-28)27-11-15-29(16-12-27)32-22-45-39(47-32)35-20-30-17-19-33(30)51(35)41(53)37(24(3)4)49-43(55)57-7/h9-16,21-25,30,33-37H,8,17-20H2,1-7H3,(H,44,46)(H,45,47)(H,48,54)(H,49,55)/t25-,30-,33-,34?,35?,36+,37+/m1/s1. The highest BCUT2D eigenvalue weighted by atomic mass is 16.5.